The second-order valence-corrected chi connectivity index (χ2v) is 16.0. The molecule has 0 saturated carbocycles. The molecule has 51 heavy (non-hydrogen) atoms. The van der Waals surface area contributed by atoms with Crippen molar-refractivity contribution in [2.75, 3.05) is 0 Å². The van der Waals surface area contributed by atoms with Crippen LogP contribution >= 0.6 is 7.14 Å². The number of hydrogen-bond acceptors (Lipinski definition) is 3. The van der Waals surface area contributed by atoms with Gasteiger partial charge in [0.15, 0.2) is 13.0 Å². The minimum Gasteiger partial charge on any atom is -0.309 e. The number of nitrogens with zero attached hydrogens (tertiary/aromatic N) is 2. The average molecular weight is 671 g/mol. The second-order valence-electron chi connectivity index (χ2n) is 13.2. The van der Waals surface area contributed by atoms with Crippen LogP contribution in [0.4, 0.5) is 0 Å². The van der Waals surface area contributed by atoms with Crippen molar-refractivity contribution in [3.05, 3.63) is 210 Å². The summed E-state index contributed by atoms with van der Waals surface area (Å²) < 4.78 is 15.8. The van der Waals surface area contributed by atoms with Crippen molar-refractivity contribution in [1.29, 1.82) is 0 Å². The van der Waals surface area contributed by atoms with Crippen molar-refractivity contribution in [3.8, 4) is 44.9 Å². The van der Waals surface area contributed by atoms with Gasteiger partial charge in [-0.3, -0.25) is 0 Å². The van der Waals surface area contributed by atoms with E-state index >= 15 is 4.57 Å². The van der Waals surface area contributed by atoms with Gasteiger partial charge in [-0.1, -0.05) is 182 Å². The molecule has 1 heterocycles. The molecule has 0 saturated heterocycles. The Hall–Kier alpha value is -6.15. The van der Waals surface area contributed by atoms with Crippen molar-refractivity contribution in [3.63, 3.8) is 0 Å². The average Bonchev–Trinajstić information content (AvgIpc) is 3.68. The summed E-state index contributed by atoms with van der Waals surface area (Å²) in [5.74, 6) is 0.682. The van der Waals surface area contributed by atoms with Gasteiger partial charge in [0.1, 0.15) is 0 Å². The summed E-state index contributed by atoms with van der Waals surface area (Å²) in [5, 5.41) is 2.43. The Kier molecular flexibility index (Phi) is 6.68. The molecule has 240 valence electrons. The van der Waals surface area contributed by atoms with Gasteiger partial charge < -0.3 is 4.57 Å². The van der Waals surface area contributed by atoms with E-state index in [2.05, 4.69) is 103 Å². The number of aromatic nitrogens is 2. The van der Waals surface area contributed by atoms with Gasteiger partial charge in [0, 0.05) is 32.6 Å². The van der Waals surface area contributed by atoms with Crippen LogP contribution in [0, 0.1) is 0 Å². The van der Waals surface area contributed by atoms with E-state index in [-0.39, 0.29) is 0 Å². The van der Waals surface area contributed by atoms with Gasteiger partial charge in [0.05, 0.1) is 16.8 Å². The molecule has 0 amide bonds. The van der Waals surface area contributed by atoms with Crippen LogP contribution in [0.15, 0.2) is 188 Å². The fourth-order valence-electron chi connectivity index (χ4n) is 8.40. The van der Waals surface area contributed by atoms with Crippen molar-refractivity contribution in [2.45, 2.75) is 5.41 Å². The van der Waals surface area contributed by atoms with Crippen LogP contribution in [0.2, 0.25) is 0 Å². The zero-order chi connectivity index (χ0) is 34.0. The van der Waals surface area contributed by atoms with Gasteiger partial charge in [-0.05, 0) is 39.4 Å². The Morgan fingerprint density at radius 3 is 1.53 bits per heavy atom. The highest BCUT2D eigenvalue weighted by Gasteiger charge is 2.54. The van der Waals surface area contributed by atoms with Crippen molar-refractivity contribution >= 4 is 23.1 Å². The third kappa shape index (κ3) is 4.22. The zero-order valence-corrected chi connectivity index (χ0v) is 28.5. The Balaban J connectivity index is 1.34. The summed E-state index contributed by atoms with van der Waals surface area (Å²) in [6.07, 6.45) is 0. The monoisotopic (exact) mass is 670 g/mol. The first-order valence-corrected chi connectivity index (χ1v) is 19.0. The fraction of sp³-hybridized carbons (Fsp3) is 0.0213. The normalized spacial score (nSPS) is 15.2. The minimum absolute atomic E-state index is 0.682. The van der Waals surface area contributed by atoms with E-state index in [1.807, 2.05) is 84.9 Å². The maximum absolute atomic E-state index is 15.8. The molecule has 4 heteroatoms. The molecule has 8 aromatic rings. The first-order chi connectivity index (χ1) is 25.2. The first kappa shape index (κ1) is 29.7. The van der Waals surface area contributed by atoms with Crippen LogP contribution in [-0.2, 0) is 9.98 Å². The third-order valence-corrected chi connectivity index (χ3v) is 13.6. The summed E-state index contributed by atoms with van der Waals surface area (Å²) in [6, 6.07) is 64.5. The van der Waals surface area contributed by atoms with E-state index in [1.54, 1.807) is 0 Å². The molecule has 1 aromatic heterocycles. The largest absolute Gasteiger partial charge is 0.309 e. The predicted octanol–water partition coefficient (Wildman–Crippen LogP) is 9.79. The molecular formula is C47H31N2OP. The summed E-state index contributed by atoms with van der Waals surface area (Å²) in [6.45, 7) is 0. The van der Waals surface area contributed by atoms with Crippen LogP contribution in [0.5, 0.6) is 0 Å². The molecule has 0 bridgehead atoms. The van der Waals surface area contributed by atoms with Gasteiger partial charge in [-0.25, -0.2) is 9.97 Å². The highest BCUT2D eigenvalue weighted by Crippen LogP contribution is 2.63. The van der Waals surface area contributed by atoms with Gasteiger partial charge in [0.25, 0.3) is 0 Å². The van der Waals surface area contributed by atoms with E-state index in [9.17, 15) is 0 Å². The summed E-state index contributed by atoms with van der Waals surface area (Å²) in [4.78, 5) is 10.9. The van der Waals surface area contributed by atoms with Gasteiger partial charge >= 0.3 is 0 Å². The summed E-state index contributed by atoms with van der Waals surface area (Å²) in [7, 11) is -3.28. The zero-order valence-electron chi connectivity index (χ0n) is 27.6. The molecule has 0 fully saturated rings. The molecule has 10 rings (SSSR count). The van der Waals surface area contributed by atoms with Crippen LogP contribution in [0.3, 0.4) is 0 Å². The molecule has 3 nitrogen and oxygen atoms in total. The number of benzene rings is 7. The van der Waals surface area contributed by atoms with Gasteiger partial charge in [-0.2, -0.15) is 0 Å². The van der Waals surface area contributed by atoms with Crippen LogP contribution in [0.25, 0.3) is 44.9 Å². The number of fused-ring (bicyclic) bond motifs is 10. The van der Waals surface area contributed by atoms with Crippen molar-refractivity contribution in [1.82, 2.24) is 9.97 Å². The maximum Gasteiger partial charge on any atom is 0.171 e. The molecule has 2 aliphatic carbocycles. The lowest BCUT2D eigenvalue weighted by atomic mass is 9.72. The van der Waals surface area contributed by atoms with Crippen LogP contribution in [-0.4, -0.2) is 9.97 Å². The predicted molar refractivity (Wildman–Crippen MR) is 209 cm³/mol. The lowest BCUT2D eigenvalue weighted by Crippen LogP contribution is -2.30. The molecule has 0 N–H and O–H groups in total. The van der Waals surface area contributed by atoms with E-state index in [0.717, 1.165) is 71.8 Å². The third-order valence-electron chi connectivity index (χ3n) is 10.6. The molecule has 1 unspecified atom stereocenters. The Labute approximate surface area is 297 Å². The molecule has 7 aromatic carbocycles. The lowest BCUT2D eigenvalue weighted by Gasteiger charge is -2.30. The second kappa shape index (κ2) is 11.5. The van der Waals surface area contributed by atoms with E-state index in [4.69, 9.17) is 9.97 Å². The van der Waals surface area contributed by atoms with Crippen LogP contribution < -0.4 is 15.9 Å². The molecule has 2 aliphatic rings. The molecule has 0 aliphatic heterocycles. The Morgan fingerprint density at radius 1 is 0.412 bits per heavy atom. The molecule has 1 spiro atoms. The topological polar surface area (TPSA) is 42.9 Å². The Morgan fingerprint density at radius 2 is 0.902 bits per heavy atom. The van der Waals surface area contributed by atoms with Crippen LogP contribution in [0.1, 0.15) is 22.4 Å². The standard InChI is InChI=1S/C47H31N2OP/c50-51(34-21-9-3-10-22-34,35-23-11-4-12-24-35)36-29-30-38-37-25-13-15-27-40(37)47(42(38)31-36)41-28-16-14-26-39(41)43-44(32-17-5-1-6-18-32)48-46(49-45(43)47)33-19-7-2-8-20-33/h1-31H. The maximum atomic E-state index is 15.8. The summed E-state index contributed by atoms with van der Waals surface area (Å²) in [5.41, 5.74) is 11.0. The van der Waals surface area contributed by atoms with E-state index in [1.165, 1.54) is 5.56 Å². The minimum atomic E-state index is -3.28. The quantitative estimate of drug-likeness (QED) is 0.171. The van der Waals surface area contributed by atoms with Gasteiger partial charge in [0.2, 0.25) is 0 Å². The number of rotatable bonds is 5. The summed E-state index contributed by atoms with van der Waals surface area (Å²) >= 11 is 0. The highest BCUT2D eigenvalue weighted by molar-refractivity contribution is 7.85. The van der Waals surface area contributed by atoms with E-state index in [0.29, 0.717) is 5.82 Å². The first-order valence-electron chi connectivity index (χ1n) is 17.3. The molecule has 1 atom stereocenters. The van der Waals surface area contributed by atoms with Gasteiger partial charge in [-0.15, -0.1) is 0 Å². The van der Waals surface area contributed by atoms with Crippen molar-refractivity contribution < 1.29 is 4.57 Å². The highest BCUT2D eigenvalue weighted by atomic mass is 31.2. The van der Waals surface area contributed by atoms with E-state index < -0.39 is 12.6 Å². The Bertz CT molecular complexity index is 2620. The lowest BCUT2D eigenvalue weighted by molar-refractivity contribution is 0.592. The molecule has 0 radical (unpaired) electrons. The SMILES string of the molecule is O=P(c1ccccc1)(c1ccccc1)c1ccc2c(c1)C1(c3ccccc3-2)c2ccccc2-c2c(-c3ccccc3)nc(-c3ccccc3)nc21. The van der Waals surface area contributed by atoms with Crippen molar-refractivity contribution in [2.24, 2.45) is 0 Å². The molecular weight excluding hydrogens is 640 g/mol. The number of hydrogen-bond donors (Lipinski definition) is 0. The smallest absolute Gasteiger partial charge is 0.171 e. The fourth-order valence-corrected chi connectivity index (χ4v) is 11.1.